The van der Waals surface area contributed by atoms with Crippen LogP contribution in [0.15, 0.2) is 150 Å². The van der Waals surface area contributed by atoms with Crippen LogP contribution < -0.4 is 4.74 Å². The van der Waals surface area contributed by atoms with Gasteiger partial charge in [0.2, 0.25) is 0 Å². The molecule has 42 heavy (non-hydrogen) atoms. The highest BCUT2D eigenvalue weighted by atomic mass is 16.5. The predicted molar refractivity (Wildman–Crippen MR) is 173 cm³/mol. The first-order chi connectivity index (χ1) is 20.8. The molecule has 0 saturated carbocycles. The average Bonchev–Trinajstić information content (AvgIpc) is 3.44. The van der Waals surface area contributed by atoms with Crippen LogP contribution in [0.25, 0.3) is 77.2 Å². The van der Waals surface area contributed by atoms with Crippen LogP contribution in [0.1, 0.15) is 0 Å². The number of hydrogen-bond donors (Lipinski definition) is 0. The van der Waals surface area contributed by atoms with Crippen LogP contribution in [-0.2, 0) is 0 Å². The van der Waals surface area contributed by atoms with E-state index in [9.17, 15) is 0 Å². The van der Waals surface area contributed by atoms with Gasteiger partial charge in [0.15, 0.2) is 0 Å². The Hall–Kier alpha value is -5.60. The topological polar surface area (TPSA) is 22.4 Å². The van der Waals surface area contributed by atoms with Crippen LogP contribution in [0.4, 0.5) is 0 Å². The molecule has 2 heteroatoms. The molecular formula is C40H24O2. The van der Waals surface area contributed by atoms with Crippen molar-refractivity contribution in [1.29, 1.82) is 0 Å². The Balaban J connectivity index is 1.12. The SMILES string of the molecule is c1cc(-c2ccc(-c3cccc4oc5ccccc5c34)cc2)cc(-c2ccc3c4c(cccc24)-c2ccccc2O3)c1. The van der Waals surface area contributed by atoms with E-state index in [1.54, 1.807) is 0 Å². The molecule has 7 aromatic carbocycles. The van der Waals surface area contributed by atoms with Crippen molar-refractivity contribution in [1.82, 2.24) is 0 Å². The van der Waals surface area contributed by atoms with Gasteiger partial charge in [-0.1, -0.05) is 115 Å². The second-order valence-electron chi connectivity index (χ2n) is 10.9. The Morgan fingerprint density at radius 3 is 1.98 bits per heavy atom. The number of ether oxygens (including phenoxy) is 1. The molecule has 2 nitrogen and oxygen atoms in total. The molecule has 196 valence electrons. The predicted octanol–water partition coefficient (Wildman–Crippen LogP) is 11.5. The lowest BCUT2D eigenvalue weighted by molar-refractivity contribution is 0.487. The van der Waals surface area contributed by atoms with Gasteiger partial charge in [-0.25, -0.2) is 0 Å². The van der Waals surface area contributed by atoms with E-state index in [1.807, 2.05) is 30.3 Å². The number of hydrogen-bond acceptors (Lipinski definition) is 2. The fourth-order valence-corrected chi connectivity index (χ4v) is 6.56. The van der Waals surface area contributed by atoms with Gasteiger partial charge in [-0.3, -0.25) is 0 Å². The molecule has 9 rings (SSSR count). The zero-order valence-electron chi connectivity index (χ0n) is 22.7. The lowest BCUT2D eigenvalue weighted by atomic mass is 9.89. The Labute approximate surface area is 243 Å². The van der Waals surface area contributed by atoms with Crippen LogP contribution in [0.2, 0.25) is 0 Å². The summed E-state index contributed by atoms with van der Waals surface area (Å²) in [5.41, 5.74) is 11.3. The van der Waals surface area contributed by atoms with E-state index in [0.717, 1.165) is 39.0 Å². The van der Waals surface area contributed by atoms with Gasteiger partial charge < -0.3 is 9.15 Å². The van der Waals surface area contributed by atoms with Crippen molar-refractivity contribution in [3.8, 4) is 56.0 Å². The highest BCUT2D eigenvalue weighted by Crippen LogP contribution is 2.48. The molecule has 0 aliphatic carbocycles. The lowest BCUT2D eigenvalue weighted by Crippen LogP contribution is -1.97. The standard InChI is InChI=1S/C40H24O2/c1-3-15-35-31(10-1)33-14-6-13-32-29(22-23-38(41-35)40(32)33)28-9-5-8-27(24-28)25-18-20-26(21-19-25)30-12-7-17-37-39(30)34-11-2-4-16-36(34)42-37/h1-24H. The molecule has 0 radical (unpaired) electrons. The summed E-state index contributed by atoms with van der Waals surface area (Å²) in [5, 5.41) is 4.68. The maximum absolute atomic E-state index is 6.32. The van der Waals surface area contributed by atoms with Crippen LogP contribution in [0, 0.1) is 0 Å². The molecule has 0 amide bonds. The van der Waals surface area contributed by atoms with Crippen molar-refractivity contribution < 1.29 is 9.15 Å². The zero-order chi connectivity index (χ0) is 27.6. The van der Waals surface area contributed by atoms with Gasteiger partial charge in [0, 0.05) is 21.7 Å². The van der Waals surface area contributed by atoms with Crippen molar-refractivity contribution in [2.24, 2.45) is 0 Å². The molecule has 0 saturated heterocycles. The van der Waals surface area contributed by atoms with Crippen molar-refractivity contribution >= 4 is 32.7 Å². The van der Waals surface area contributed by atoms with E-state index < -0.39 is 0 Å². The monoisotopic (exact) mass is 536 g/mol. The summed E-state index contributed by atoms with van der Waals surface area (Å²) >= 11 is 0. The molecule has 0 fully saturated rings. The molecular weight excluding hydrogens is 512 g/mol. The molecule has 2 heterocycles. The first-order valence-corrected chi connectivity index (χ1v) is 14.3. The third-order valence-corrected chi connectivity index (χ3v) is 8.50. The van der Waals surface area contributed by atoms with Gasteiger partial charge in [-0.2, -0.15) is 0 Å². The zero-order valence-corrected chi connectivity index (χ0v) is 22.7. The van der Waals surface area contributed by atoms with Gasteiger partial charge in [0.1, 0.15) is 22.7 Å². The van der Waals surface area contributed by atoms with E-state index in [2.05, 4.69) is 115 Å². The van der Waals surface area contributed by atoms with E-state index in [4.69, 9.17) is 9.15 Å². The highest BCUT2D eigenvalue weighted by Gasteiger charge is 2.21. The minimum absolute atomic E-state index is 0.910. The minimum atomic E-state index is 0.910. The molecule has 0 N–H and O–H groups in total. The minimum Gasteiger partial charge on any atom is -0.456 e. The van der Waals surface area contributed by atoms with Gasteiger partial charge in [-0.05, 0) is 74.7 Å². The Morgan fingerprint density at radius 2 is 1.02 bits per heavy atom. The second-order valence-corrected chi connectivity index (χ2v) is 10.9. The summed E-state index contributed by atoms with van der Waals surface area (Å²) in [4.78, 5) is 0. The summed E-state index contributed by atoms with van der Waals surface area (Å²) < 4.78 is 12.4. The fraction of sp³-hybridized carbons (Fsp3) is 0. The van der Waals surface area contributed by atoms with Crippen LogP contribution in [0.5, 0.6) is 11.5 Å². The molecule has 1 aromatic heterocycles. The smallest absolute Gasteiger partial charge is 0.136 e. The number of fused-ring (bicyclic) bond motifs is 5. The van der Waals surface area contributed by atoms with Crippen molar-refractivity contribution in [2.45, 2.75) is 0 Å². The summed E-state index contributed by atoms with van der Waals surface area (Å²) in [6.07, 6.45) is 0. The van der Waals surface area contributed by atoms with Crippen molar-refractivity contribution in [3.05, 3.63) is 146 Å². The van der Waals surface area contributed by atoms with Gasteiger partial charge in [-0.15, -0.1) is 0 Å². The Kier molecular flexibility index (Phi) is 4.93. The summed E-state index contributed by atoms with van der Waals surface area (Å²) in [6.45, 7) is 0. The van der Waals surface area contributed by atoms with E-state index in [0.29, 0.717) is 0 Å². The fourth-order valence-electron chi connectivity index (χ4n) is 6.56. The quantitative estimate of drug-likeness (QED) is 0.224. The van der Waals surface area contributed by atoms with Crippen LogP contribution in [-0.4, -0.2) is 0 Å². The summed E-state index contributed by atoms with van der Waals surface area (Å²) in [5.74, 6) is 1.82. The molecule has 0 unspecified atom stereocenters. The molecule has 0 bridgehead atoms. The van der Waals surface area contributed by atoms with Gasteiger partial charge >= 0.3 is 0 Å². The molecule has 8 aromatic rings. The lowest BCUT2D eigenvalue weighted by Gasteiger charge is -2.22. The van der Waals surface area contributed by atoms with Gasteiger partial charge in [0.25, 0.3) is 0 Å². The summed E-state index contributed by atoms with van der Waals surface area (Å²) in [7, 11) is 0. The first-order valence-electron chi connectivity index (χ1n) is 14.3. The molecule has 1 aliphatic rings. The third kappa shape index (κ3) is 3.45. The van der Waals surface area contributed by atoms with E-state index in [1.165, 1.54) is 49.7 Å². The second kappa shape index (κ2) is 8.95. The van der Waals surface area contributed by atoms with Crippen molar-refractivity contribution in [3.63, 3.8) is 0 Å². The summed E-state index contributed by atoms with van der Waals surface area (Å²) in [6, 6.07) is 51.4. The molecule has 0 spiro atoms. The van der Waals surface area contributed by atoms with Crippen molar-refractivity contribution in [2.75, 3.05) is 0 Å². The normalized spacial score (nSPS) is 12.0. The largest absolute Gasteiger partial charge is 0.456 e. The Bertz CT molecular complexity index is 2320. The first kappa shape index (κ1) is 23.1. The number of para-hydroxylation sites is 2. The van der Waals surface area contributed by atoms with E-state index in [-0.39, 0.29) is 0 Å². The number of furan rings is 1. The highest BCUT2D eigenvalue weighted by molar-refractivity contribution is 6.12. The molecule has 1 aliphatic heterocycles. The maximum atomic E-state index is 6.32. The maximum Gasteiger partial charge on any atom is 0.136 e. The number of benzene rings is 7. The third-order valence-electron chi connectivity index (χ3n) is 8.50. The van der Waals surface area contributed by atoms with Crippen LogP contribution >= 0.6 is 0 Å². The average molecular weight is 537 g/mol. The Morgan fingerprint density at radius 1 is 0.333 bits per heavy atom. The van der Waals surface area contributed by atoms with Crippen LogP contribution in [0.3, 0.4) is 0 Å². The van der Waals surface area contributed by atoms with Gasteiger partial charge in [0.05, 0.1) is 0 Å². The van der Waals surface area contributed by atoms with E-state index >= 15 is 0 Å². The number of rotatable bonds is 3. The molecule has 0 atom stereocenters.